The molecule has 8 aromatic carbocycles. The molecule has 0 aliphatic rings. The first kappa shape index (κ1) is 64.2. The highest BCUT2D eigenvalue weighted by atomic mass is 35.5. The summed E-state index contributed by atoms with van der Waals surface area (Å²) in [5, 5.41) is 43.3. The third-order valence-electron chi connectivity index (χ3n) is 12.7. The molecule has 0 spiro atoms. The molecule has 2 aromatic heterocycles. The van der Waals surface area contributed by atoms with E-state index in [9.17, 15) is 88.0 Å². The summed E-state index contributed by atoms with van der Waals surface area (Å²) in [7, 11) is -30.5. The molecule has 0 fully saturated rings. The molecular weight excluding hydrogens is 1350 g/mol. The highest BCUT2D eigenvalue weighted by Crippen LogP contribution is 2.48. The Bertz CT molecular complexity index is 5560. The number of fused-ring (bicyclic) bond motifs is 3. The van der Waals surface area contributed by atoms with Crippen LogP contribution in [0.3, 0.4) is 0 Å². The Morgan fingerprint density at radius 3 is 1.47 bits per heavy atom. The zero-order valence-electron chi connectivity index (χ0n) is 44.6. The molecule has 10 rings (SSSR count). The third kappa shape index (κ3) is 13.7. The molecule has 0 bridgehead atoms. The minimum absolute atomic E-state index is 0.0691. The van der Waals surface area contributed by atoms with Gasteiger partial charge in [-0.15, -0.1) is 20.5 Å². The number of hydrogen-bond acceptors (Lipinski definition) is 28. The fourth-order valence-corrected chi connectivity index (χ4v) is 12.8. The SMILES string of the molecule is CN(c1ccccc1)c1nc(F)nc(Nc2cc(S(=O)(=O)O)cc3cc(S(=O)(=O)O)c(/N=N/c4cc(Nc5nc(Cl)nc(Nc6cc(S(=O)(=O)O)cc7cc(S(=O)(=O)O)c(/N=N/c8ccc9ccccc9c8S(=O)(=O)O)c(O)c67)n5)ccc4S(=O)(=O)O)c(O)c23)n1. The smallest absolute Gasteiger partial charge is 0.315 e. The first-order chi connectivity index (χ1) is 42.4. The lowest BCUT2D eigenvalue weighted by Crippen LogP contribution is -2.15. The van der Waals surface area contributed by atoms with Crippen LogP contribution in [0.1, 0.15) is 0 Å². The van der Waals surface area contributed by atoms with Crippen molar-refractivity contribution in [3.05, 3.63) is 133 Å². The summed E-state index contributed by atoms with van der Waals surface area (Å²) >= 11 is 6.27. The molecule has 470 valence electrons. The fourth-order valence-electron chi connectivity index (χ4n) is 8.83. The van der Waals surface area contributed by atoms with Crippen LogP contribution in [0.4, 0.5) is 73.7 Å². The van der Waals surface area contributed by atoms with E-state index in [0.717, 1.165) is 18.2 Å². The van der Waals surface area contributed by atoms with Gasteiger partial charge in [0.2, 0.25) is 29.1 Å². The average molecular weight is 1390 g/mol. The molecule has 91 heavy (non-hydrogen) atoms. The quantitative estimate of drug-likeness (QED) is 0.0282. The summed E-state index contributed by atoms with van der Waals surface area (Å²) in [6.45, 7) is 0. The van der Waals surface area contributed by atoms with Crippen LogP contribution in [0.5, 0.6) is 11.5 Å². The number of hydrogen-bond donors (Lipinski definition) is 11. The van der Waals surface area contributed by atoms with Crippen molar-refractivity contribution in [3.63, 3.8) is 0 Å². The summed E-state index contributed by atoms with van der Waals surface area (Å²) in [5.41, 5.74) is -4.93. The fraction of sp³-hybridized carbons (Fsp3) is 0.0204. The highest BCUT2D eigenvalue weighted by Gasteiger charge is 2.30. The largest absolute Gasteiger partial charge is 0.505 e. The molecule has 42 heteroatoms. The lowest BCUT2D eigenvalue weighted by molar-refractivity contribution is 0.471. The summed E-state index contributed by atoms with van der Waals surface area (Å²) in [6.07, 6.45) is -1.39. The standard InChI is InChI=1S/C49H34ClFN14O20S6/c1-65(26-8-3-2-4-9-26)49-58-45(51)57-48(60-49)54-33-21-28(87(71,72)73)16-24-18-36(90(80,81)82)40(42(67)38(24)33)64-62-31-19-25(12-14-34(31)88(74,75)76)52-46-55-44(50)56-47(59-46)53-32-20-27(86(68,69)70)15-23-17-35(89(77,78)79)39(41(66)37(23)32)63-61-30-13-11-22-7-5-6-10-29(22)43(30)91(83,84)85/h2-21,66-67H,1H3,(H,68,69,70)(H,71,72,73)(H,74,75,76)(H,77,78,79)(H,80,81,82)(H,83,84,85)(H,54,57,58,60)(H2,52,53,55,56,59)/b63-61+,64-62+. The second-order valence-corrected chi connectivity index (χ2v) is 27.3. The van der Waals surface area contributed by atoms with Gasteiger partial charge in [0.1, 0.15) is 42.3 Å². The van der Waals surface area contributed by atoms with Crippen LogP contribution in [0.25, 0.3) is 32.3 Å². The Hall–Kier alpha value is -9.76. The Balaban J connectivity index is 1.05. The second-order valence-electron chi connectivity index (χ2n) is 18.6. The Labute approximate surface area is 515 Å². The van der Waals surface area contributed by atoms with Crippen molar-refractivity contribution in [2.45, 2.75) is 29.4 Å². The van der Waals surface area contributed by atoms with Crippen molar-refractivity contribution in [1.29, 1.82) is 0 Å². The number of rotatable bonds is 18. The van der Waals surface area contributed by atoms with Gasteiger partial charge in [0, 0.05) is 34.6 Å². The number of phenols is 2. The summed E-state index contributed by atoms with van der Waals surface area (Å²) in [5.74, 6) is -4.81. The van der Waals surface area contributed by atoms with Gasteiger partial charge in [-0.25, -0.2) is 0 Å². The molecule has 0 atom stereocenters. The predicted molar refractivity (Wildman–Crippen MR) is 318 cm³/mol. The first-order valence-electron chi connectivity index (χ1n) is 24.4. The van der Waals surface area contributed by atoms with Crippen LogP contribution in [0.2, 0.25) is 5.28 Å². The van der Waals surface area contributed by atoms with E-state index in [2.05, 4.69) is 66.3 Å². The molecule has 0 aliphatic carbocycles. The third-order valence-corrected chi connectivity index (χ3v) is 18.1. The number of phenolic OH excluding ortho intramolecular Hbond substituents is 2. The van der Waals surface area contributed by atoms with Crippen LogP contribution in [-0.4, -0.2) is 125 Å². The van der Waals surface area contributed by atoms with E-state index in [4.69, 9.17) is 11.6 Å². The Kier molecular flexibility index (Phi) is 16.6. The Morgan fingerprint density at radius 1 is 0.462 bits per heavy atom. The molecule has 0 saturated carbocycles. The van der Waals surface area contributed by atoms with Crippen LogP contribution < -0.4 is 20.9 Å². The number of halogens is 2. The van der Waals surface area contributed by atoms with E-state index in [1.807, 2.05) is 0 Å². The van der Waals surface area contributed by atoms with Gasteiger partial charge in [-0.2, -0.15) is 84.8 Å². The minimum Gasteiger partial charge on any atom is -0.505 e. The lowest BCUT2D eigenvalue weighted by Gasteiger charge is -2.18. The van der Waals surface area contributed by atoms with E-state index in [1.165, 1.54) is 36.2 Å². The monoisotopic (exact) mass is 1380 g/mol. The zero-order chi connectivity index (χ0) is 66.1. The normalized spacial score (nSPS) is 12.8. The minimum atomic E-state index is -5.58. The number of aromatic nitrogens is 6. The summed E-state index contributed by atoms with van der Waals surface area (Å²) < 4.78 is 229. The molecular formula is C49H34ClFN14O20S6. The number of para-hydroxylation sites is 1. The number of nitrogens with zero attached hydrogens (tertiary/aromatic N) is 11. The van der Waals surface area contributed by atoms with Crippen LogP contribution >= 0.6 is 11.6 Å². The molecule has 2 heterocycles. The van der Waals surface area contributed by atoms with Crippen molar-refractivity contribution in [2.75, 3.05) is 27.9 Å². The molecule has 0 aliphatic heterocycles. The van der Waals surface area contributed by atoms with Crippen LogP contribution in [-0.2, 0) is 60.7 Å². The molecule has 0 saturated heterocycles. The maximum Gasteiger partial charge on any atom is 0.315 e. The molecule has 10 aromatic rings. The van der Waals surface area contributed by atoms with Gasteiger partial charge in [0.25, 0.3) is 60.7 Å². The predicted octanol–water partition coefficient (Wildman–Crippen LogP) is 9.03. The van der Waals surface area contributed by atoms with Crippen molar-refractivity contribution in [3.8, 4) is 11.5 Å². The first-order valence-corrected chi connectivity index (χ1v) is 33.4. The van der Waals surface area contributed by atoms with Gasteiger partial charge >= 0.3 is 6.08 Å². The van der Waals surface area contributed by atoms with Gasteiger partial charge in [-0.05, 0) is 101 Å². The number of benzene rings is 8. The second kappa shape index (κ2) is 23.6. The lowest BCUT2D eigenvalue weighted by atomic mass is 10.1. The van der Waals surface area contributed by atoms with Crippen LogP contribution in [0.15, 0.2) is 171 Å². The number of anilines is 8. The maximum absolute atomic E-state index is 15.0. The van der Waals surface area contributed by atoms with E-state index in [0.29, 0.717) is 53.5 Å². The van der Waals surface area contributed by atoms with E-state index >= 15 is 4.39 Å². The topological polar surface area (TPSA) is 533 Å². The highest BCUT2D eigenvalue weighted by molar-refractivity contribution is 7.87. The van der Waals surface area contributed by atoms with Gasteiger partial charge in [-0.1, -0.05) is 48.5 Å². The molecule has 34 nitrogen and oxygen atoms in total. The number of nitrogens with one attached hydrogen (secondary N) is 3. The van der Waals surface area contributed by atoms with E-state index in [1.54, 1.807) is 36.4 Å². The van der Waals surface area contributed by atoms with Gasteiger partial charge in [-0.3, -0.25) is 27.3 Å². The molecule has 0 unspecified atom stereocenters. The van der Waals surface area contributed by atoms with Gasteiger partial charge in [0.05, 0.1) is 21.2 Å². The average Bonchev–Trinajstić information content (AvgIpc) is 0.770. The van der Waals surface area contributed by atoms with Crippen molar-refractivity contribution < 1.29 is 92.4 Å². The van der Waals surface area contributed by atoms with E-state index in [-0.39, 0.29) is 17.0 Å². The van der Waals surface area contributed by atoms with Crippen molar-refractivity contribution in [1.82, 2.24) is 29.9 Å². The number of aromatic hydroxyl groups is 2. The summed E-state index contributed by atoms with van der Waals surface area (Å²) in [6, 6.07) is 22.5. The molecule has 0 radical (unpaired) electrons. The maximum atomic E-state index is 15.0. The molecule has 0 amide bonds. The zero-order valence-corrected chi connectivity index (χ0v) is 50.3. The summed E-state index contributed by atoms with van der Waals surface area (Å²) in [4.78, 5) is 18.1. The number of azo groups is 2. The van der Waals surface area contributed by atoms with Crippen molar-refractivity contribution in [2.24, 2.45) is 20.5 Å². The van der Waals surface area contributed by atoms with E-state index < -0.39 is 186 Å². The van der Waals surface area contributed by atoms with Crippen molar-refractivity contribution >= 4 is 174 Å². The van der Waals surface area contributed by atoms with Crippen LogP contribution in [0, 0.1) is 6.08 Å². The molecule has 11 N–H and O–H groups in total. The van der Waals surface area contributed by atoms with Gasteiger partial charge in [0.15, 0.2) is 11.5 Å². The Morgan fingerprint density at radius 2 is 0.956 bits per heavy atom. The van der Waals surface area contributed by atoms with Gasteiger partial charge < -0.3 is 31.1 Å².